The number of nitrogens with zero attached hydrogens (tertiary/aromatic N) is 2. The van der Waals surface area contributed by atoms with Gasteiger partial charge in [0.15, 0.2) is 0 Å². The first-order valence-electron chi connectivity index (χ1n) is 15.9. The van der Waals surface area contributed by atoms with Gasteiger partial charge in [0.05, 0.1) is 17.1 Å². The van der Waals surface area contributed by atoms with Crippen molar-refractivity contribution in [2.75, 3.05) is 11.4 Å². The molecule has 0 aliphatic carbocycles. The summed E-state index contributed by atoms with van der Waals surface area (Å²) in [5.41, 5.74) is 5.16. The normalized spacial score (nSPS) is 13.1. The zero-order valence-corrected chi connectivity index (χ0v) is 27.5. The van der Waals surface area contributed by atoms with E-state index in [1.807, 2.05) is 30.3 Å². The number of carboxylic acids is 1. The van der Waals surface area contributed by atoms with Crippen molar-refractivity contribution >= 4 is 57.1 Å². The number of anilines is 2. The average Bonchev–Trinajstić information content (AvgIpc) is 3.74. The van der Waals surface area contributed by atoms with Gasteiger partial charge < -0.3 is 19.2 Å². The number of fused-ring (bicyclic) bond motifs is 2. The number of nitriles is 1. The summed E-state index contributed by atoms with van der Waals surface area (Å²) < 4.78 is 5.92. The molecule has 0 radical (unpaired) electrons. The molecule has 0 bridgehead atoms. The summed E-state index contributed by atoms with van der Waals surface area (Å²) in [6.45, 7) is 3.17. The monoisotopic (exact) mass is 647 g/mol. The molecule has 4 heterocycles. The Hall–Kier alpha value is -4.45. The molecule has 1 aliphatic heterocycles. The fourth-order valence-electron chi connectivity index (χ4n) is 6.05. The Labute approximate surface area is 276 Å². The van der Waals surface area contributed by atoms with E-state index < -0.39 is 11.5 Å². The second-order valence-corrected chi connectivity index (χ2v) is 13.9. The SMILES string of the molecule is CCCCCCCCc1ccc(N2CCCc3cc4cc(-c5ccc(-c6ccc(/C=C(\C#N)C(=O)[O-])s6)s5)c(=O)oc4cc32)cc1. The van der Waals surface area contributed by atoms with Gasteiger partial charge in [0.1, 0.15) is 11.7 Å². The van der Waals surface area contributed by atoms with Gasteiger partial charge in [-0.1, -0.05) is 51.2 Å². The lowest BCUT2D eigenvalue weighted by Gasteiger charge is -2.31. The van der Waals surface area contributed by atoms with Crippen molar-refractivity contribution in [3.05, 3.63) is 98.7 Å². The van der Waals surface area contributed by atoms with Gasteiger partial charge in [0.2, 0.25) is 0 Å². The molecular weight excluding hydrogens is 613 g/mol. The zero-order valence-electron chi connectivity index (χ0n) is 25.8. The summed E-state index contributed by atoms with van der Waals surface area (Å²) in [5, 5.41) is 21.0. The quantitative estimate of drug-likeness (QED) is 0.0581. The van der Waals surface area contributed by atoms with Crippen molar-refractivity contribution in [3.63, 3.8) is 0 Å². The first-order valence-corrected chi connectivity index (χ1v) is 17.6. The predicted molar refractivity (Wildman–Crippen MR) is 187 cm³/mol. The van der Waals surface area contributed by atoms with Crippen molar-refractivity contribution in [1.29, 1.82) is 5.26 Å². The van der Waals surface area contributed by atoms with Crippen molar-refractivity contribution < 1.29 is 14.3 Å². The fourth-order valence-corrected chi connectivity index (χ4v) is 8.10. The molecule has 0 amide bonds. The van der Waals surface area contributed by atoms with Crippen molar-refractivity contribution in [2.24, 2.45) is 0 Å². The van der Waals surface area contributed by atoms with Gasteiger partial charge in [0, 0.05) is 48.9 Å². The van der Waals surface area contributed by atoms with Gasteiger partial charge in [-0.2, -0.15) is 5.26 Å². The lowest BCUT2D eigenvalue weighted by molar-refractivity contribution is -0.298. The van der Waals surface area contributed by atoms with E-state index in [-0.39, 0.29) is 5.63 Å². The highest BCUT2D eigenvalue weighted by Gasteiger charge is 2.21. The van der Waals surface area contributed by atoms with Crippen LogP contribution in [-0.4, -0.2) is 12.5 Å². The lowest BCUT2D eigenvalue weighted by Crippen LogP contribution is -2.24. The number of carbonyl (C=O) groups excluding carboxylic acids is 1. The summed E-state index contributed by atoms with van der Waals surface area (Å²) in [4.78, 5) is 30.0. The smallest absolute Gasteiger partial charge is 0.345 e. The molecule has 0 atom stereocenters. The zero-order chi connectivity index (χ0) is 32.0. The van der Waals surface area contributed by atoms with Crippen LogP contribution in [0, 0.1) is 11.3 Å². The van der Waals surface area contributed by atoms with E-state index in [4.69, 9.17) is 9.68 Å². The molecule has 1 aliphatic rings. The van der Waals surface area contributed by atoms with Crippen LogP contribution in [0.15, 0.2) is 81.5 Å². The molecule has 2 aromatic carbocycles. The molecule has 0 fully saturated rings. The first-order chi connectivity index (χ1) is 22.4. The number of carboxylic acid groups (broad SMARTS) is 1. The fraction of sp³-hybridized carbons (Fsp3) is 0.289. The number of carbonyl (C=O) groups is 1. The lowest BCUT2D eigenvalue weighted by atomic mass is 9.98. The Kier molecular flexibility index (Phi) is 9.82. The summed E-state index contributed by atoms with van der Waals surface area (Å²) in [6.07, 6.45) is 12.3. The van der Waals surface area contributed by atoms with Gasteiger partial charge in [0.25, 0.3) is 0 Å². The number of aryl methyl sites for hydroxylation is 2. The molecule has 46 heavy (non-hydrogen) atoms. The average molecular weight is 648 g/mol. The largest absolute Gasteiger partial charge is 0.544 e. The van der Waals surface area contributed by atoms with E-state index in [1.54, 1.807) is 12.1 Å². The summed E-state index contributed by atoms with van der Waals surface area (Å²) in [7, 11) is 0. The van der Waals surface area contributed by atoms with Crippen LogP contribution in [0.2, 0.25) is 0 Å². The standard InChI is InChI=1S/C38H36N2O4S2/c1-2-3-4-5-6-7-9-25-11-13-29(14-12-25)40-19-8-10-26-20-27-22-31(38(43)44-33(27)23-32(26)40)34-17-18-36(46-34)35-16-15-30(45-35)21-28(24-39)37(41)42/h11-18,20-23H,2-10,19H2,1H3,(H,41,42)/p-1/b28-21+. The molecule has 5 aromatic rings. The van der Waals surface area contributed by atoms with Gasteiger partial charge in [-0.05, 0) is 91.4 Å². The van der Waals surface area contributed by atoms with E-state index in [0.717, 1.165) is 57.2 Å². The summed E-state index contributed by atoms with van der Waals surface area (Å²) in [6, 6.07) is 24.2. The minimum Gasteiger partial charge on any atom is -0.544 e. The molecule has 234 valence electrons. The van der Waals surface area contributed by atoms with Crippen LogP contribution in [0.25, 0.3) is 37.2 Å². The summed E-state index contributed by atoms with van der Waals surface area (Å²) >= 11 is 2.84. The van der Waals surface area contributed by atoms with Crippen molar-refractivity contribution in [1.82, 2.24) is 0 Å². The molecule has 6 rings (SSSR count). The summed E-state index contributed by atoms with van der Waals surface area (Å²) in [5.74, 6) is -1.50. The molecule has 0 N–H and O–H groups in total. The highest BCUT2D eigenvalue weighted by molar-refractivity contribution is 7.24. The maximum Gasteiger partial charge on any atom is 0.345 e. The number of aliphatic carboxylic acids is 1. The van der Waals surface area contributed by atoms with Gasteiger partial charge in [-0.15, -0.1) is 22.7 Å². The van der Waals surface area contributed by atoms with E-state index in [1.165, 1.54) is 78.4 Å². The molecule has 6 nitrogen and oxygen atoms in total. The Morgan fingerprint density at radius 3 is 2.48 bits per heavy atom. The van der Waals surface area contributed by atoms with E-state index in [9.17, 15) is 14.7 Å². The number of unbranched alkanes of at least 4 members (excludes halogenated alkanes) is 5. The van der Waals surface area contributed by atoms with E-state index >= 15 is 0 Å². The third-order valence-electron chi connectivity index (χ3n) is 8.49. The van der Waals surface area contributed by atoms with Crippen LogP contribution in [0.1, 0.15) is 67.9 Å². The third kappa shape index (κ3) is 7.01. The van der Waals surface area contributed by atoms with Crippen LogP contribution in [0.4, 0.5) is 11.4 Å². The van der Waals surface area contributed by atoms with Crippen LogP contribution >= 0.6 is 22.7 Å². The Balaban J connectivity index is 1.21. The van der Waals surface area contributed by atoms with Crippen LogP contribution in [-0.2, 0) is 17.6 Å². The molecule has 0 unspecified atom stereocenters. The molecule has 0 spiro atoms. The molecule has 3 aromatic heterocycles. The van der Waals surface area contributed by atoms with Crippen molar-refractivity contribution in [3.8, 4) is 26.3 Å². The van der Waals surface area contributed by atoms with Crippen molar-refractivity contribution in [2.45, 2.75) is 64.7 Å². The number of hydrogen-bond donors (Lipinski definition) is 0. The van der Waals surface area contributed by atoms with E-state index in [0.29, 0.717) is 16.0 Å². The molecular formula is C38H35N2O4S2-. The Morgan fingerprint density at radius 1 is 0.957 bits per heavy atom. The van der Waals surface area contributed by atoms with Gasteiger partial charge >= 0.3 is 5.63 Å². The maximum atomic E-state index is 13.2. The Bertz CT molecular complexity index is 1990. The van der Waals surface area contributed by atoms with Gasteiger partial charge in [-0.25, -0.2) is 4.79 Å². The van der Waals surface area contributed by atoms with Crippen LogP contribution < -0.4 is 15.6 Å². The van der Waals surface area contributed by atoms with Crippen LogP contribution in [0.5, 0.6) is 0 Å². The highest BCUT2D eigenvalue weighted by Crippen LogP contribution is 2.40. The van der Waals surface area contributed by atoms with Gasteiger partial charge in [-0.3, -0.25) is 0 Å². The third-order valence-corrected chi connectivity index (χ3v) is 10.8. The number of thiophene rings is 2. The topological polar surface area (TPSA) is 97.4 Å². The number of benzene rings is 2. The maximum absolute atomic E-state index is 13.2. The molecule has 0 saturated heterocycles. The molecule has 8 heteroatoms. The highest BCUT2D eigenvalue weighted by atomic mass is 32.1. The second-order valence-electron chi connectivity index (χ2n) is 11.7. The first kappa shape index (κ1) is 31.5. The van der Waals surface area contributed by atoms with Crippen LogP contribution in [0.3, 0.4) is 0 Å². The Morgan fingerprint density at radius 2 is 1.70 bits per heavy atom. The van der Waals surface area contributed by atoms with E-state index in [2.05, 4.69) is 42.2 Å². The number of hydrogen-bond acceptors (Lipinski definition) is 8. The number of rotatable bonds is 12. The predicted octanol–water partition coefficient (Wildman–Crippen LogP) is 8.89. The second kappa shape index (κ2) is 14.3. The minimum absolute atomic E-state index is 0.385. The minimum atomic E-state index is -1.50. The molecule has 0 saturated carbocycles.